The van der Waals surface area contributed by atoms with Crippen LogP contribution in [0.1, 0.15) is 78.1 Å². The van der Waals surface area contributed by atoms with Crippen molar-refractivity contribution in [2.75, 3.05) is 0 Å². The average molecular weight is 582 g/mol. The predicted octanol–water partition coefficient (Wildman–Crippen LogP) is 2.72. The van der Waals surface area contributed by atoms with Crippen LogP contribution in [0.15, 0.2) is 0 Å². The number of hydrogen-bond donors (Lipinski definition) is 2. The van der Waals surface area contributed by atoms with Crippen molar-refractivity contribution in [3.63, 3.8) is 0 Å². The molecular weight excluding hydrogens is 546 g/mol. The van der Waals surface area contributed by atoms with Gasteiger partial charge in [0.2, 0.25) is 0 Å². The third-order valence-electron chi connectivity index (χ3n) is 7.41. The maximum absolute atomic E-state index is 6.37. The minimum atomic E-state index is -1.37. The number of piperidine rings is 2. The van der Waals surface area contributed by atoms with Crippen LogP contribution in [-0.4, -0.2) is 83.9 Å². The molecule has 2 heterocycles. The zero-order valence-corrected chi connectivity index (χ0v) is 23.7. The van der Waals surface area contributed by atoms with Gasteiger partial charge in [0.15, 0.2) is 0 Å². The van der Waals surface area contributed by atoms with Crippen molar-refractivity contribution < 1.29 is 6.68 Å². The van der Waals surface area contributed by atoms with E-state index >= 15 is 0 Å². The zero-order valence-electron chi connectivity index (χ0n) is 17.1. The fourth-order valence-corrected chi connectivity index (χ4v) is 12.3. The Kier molecular flexibility index (Phi) is 8.64. The van der Waals surface area contributed by atoms with E-state index in [0.29, 0.717) is 36.4 Å². The molecule has 2 N–H and O–H groups in total. The molecule has 4 fully saturated rings. The van der Waals surface area contributed by atoms with E-state index in [-0.39, 0.29) is 0 Å². The van der Waals surface area contributed by atoms with E-state index in [0.717, 1.165) is 11.8 Å². The van der Waals surface area contributed by atoms with Crippen LogP contribution in [0.2, 0.25) is 0 Å². The number of nitrogens with one attached hydrogen (secondary N) is 2. The molecule has 4 aliphatic rings. The third kappa shape index (κ3) is 5.82. The van der Waals surface area contributed by atoms with Gasteiger partial charge in [0, 0.05) is 0 Å². The fraction of sp³-hybridized carbons (Fsp3) is 1.00. The molecule has 7 heteroatoms. The zero-order chi connectivity index (χ0) is 18.6. The molecule has 27 heavy (non-hydrogen) atoms. The van der Waals surface area contributed by atoms with Crippen LogP contribution < -0.4 is 10.6 Å². The molecule has 5 nitrogen and oxygen atoms in total. The van der Waals surface area contributed by atoms with E-state index in [1.165, 1.54) is 64.2 Å². The summed E-state index contributed by atoms with van der Waals surface area (Å²) < 4.78 is 18.9. The van der Waals surface area contributed by atoms with E-state index in [1.54, 1.807) is 0 Å². The summed E-state index contributed by atoms with van der Waals surface area (Å²) >= 11 is -2.74. The normalized spacial score (nSPS) is 44.8. The van der Waals surface area contributed by atoms with Crippen molar-refractivity contribution in [3.8, 4) is 0 Å². The molecule has 2 saturated carbocycles. The van der Waals surface area contributed by atoms with Gasteiger partial charge in [0.05, 0.1) is 0 Å². The van der Waals surface area contributed by atoms with Gasteiger partial charge in [0.1, 0.15) is 0 Å². The van der Waals surface area contributed by atoms with Gasteiger partial charge >= 0.3 is 191 Å². The summed E-state index contributed by atoms with van der Waals surface area (Å²) in [7, 11) is 0. The first kappa shape index (κ1) is 21.8. The first-order valence-corrected chi connectivity index (χ1v) is 16.7. The van der Waals surface area contributed by atoms with E-state index in [2.05, 4.69) is 24.5 Å². The summed E-state index contributed by atoms with van der Waals surface area (Å²) in [6.45, 7) is 4.64. The molecule has 0 spiro atoms. The summed E-state index contributed by atoms with van der Waals surface area (Å²) in [5.41, 5.74) is 0. The van der Waals surface area contributed by atoms with Crippen LogP contribution in [0.4, 0.5) is 0 Å². The van der Waals surface area contributed by atoms with Crippen LogP contribution >= 0.6 is 0 Å². The molecule has 0 aromatic rings. The van der Waals surface area contributed by atoms with Crippen LogP contribution in [-0.2, 0) is 6.68 Å². The Labute approximate surface area is 190 Å². The average Bonchev–Trinajstić information content (AvgIpc) is 2.68. The summed E-state index contributed by atoms with van der Waals surface area (Å²) in [6.07, 6.45) is 14.1. The van der Waals surface area contributed by atoms with Crippen molar-refractivity contribution in [1.29, 1.82) is 0 Å². The second kappa shape index (κ2) is 10.7. The second-order valence-electron chi connectivity index (χ2n) is 9.40. The molecule has 2 aliphatic heterocycles. The fourth-order valence-electron chi connectivity index (χ4n) is 5.91. The molecule has 0 aromatic carbocycles. The van der Waals surface area contributed by atoms with Crippen molar-refractivity contribution in [3.05, 3.63) is 0 Å². The molecule has 2 aliphatic carbocycles. The van der Waals surface area contributed by atoms with E-state index in [4.69, 9.17) is 6.68 Å². The van der Waals surface area contributed by atoms with Crippen molar-refractivity contribution in [1.82, 2.24) is 10.6 Å². The second-order valence-corrected chi connectivity index (χ2v) is 18.0. The predicted molar refractivity (Wildman–Crippen MR) is 108 cm³/mol. The van der Waals surface area contributed by atoms with Gasteiger partial charge in [-0.1, -0.05) is 0 Å². The minimum absolute atomic E-state index is 0.412. The molecule has 2 radical (unpaired) electrons. The van der Waals surface area contributed by atoms with E-state index in [9.17, 15) is 0 Å². The van der Waals surface area contributed by atoms with Crippen LogP contribution in [0.25, 0.3) is 0 Å². The van der Waals surface area contributed by atoms with E-state index < -0.39 is 47.6 Å². The van der Waals surface area contributed by atoms with Gasteiger partial charge in [-0.25, -0.2) is 0 Å². The number of hydrogen-bond acceptors (Lipinski definition) is 5. The van der Waals surface area contributed by atoms with Gasteiger partial charge in [-0.3, -0.25) is 0 Å². The Bertz CT molecular complexity index is 433. The van der Waals surface area contributed by atoms with Gasteiger partial charge < -0.3 is 0 Å². The van der Waals surface area contributed by atoms with Gasteiger partial charge in [-0.05, 0) is 0 Å². The van der Waals surface area contributed by atoms with Crippen LogP contribution in [0.5, 0.6) is 0 Å². The first-order valence-electron chi connectivity index (χ1n) is 11.3. The molecule has 0 amide bonds. The summed E-state index contributed by atoms with van der Waals surface area (Å²) in [4.78, 5) is 0. The van der Waals surface area contributed by atoms with Gasteiger partial charge in [-0.15, -0.1) is 0 Å². The Morgan fingerprint density at radius 2 is 1.11 bits per heavy atom. The third-order valence-corrected chi connectivity index (χ3v) is 14.9. The molecule has 2 saturated heterocycles. The number of rotatable bonds is 6. The topological polar surface area (TPSA) is 51.8 Å². The summed E-state index contributed by atoms with van der Waals surface area (Å²) in [6, 6.07) is 2.46. The van der Waals surface area contributed by atoms with Crippen molar-refractivity contribution in [2.24, 2.45) is 11.8 Å². The summed E-state index contributed by atoms with van der Waals surface area (Å²) in [5.74, 6) is 1.67. The molecule has 150 valence electrons. The molecule has 0 bridgehead atoms. The Balaban J connectivity index is 1.17. The SMILES string of the molecule is CC1CCC2CCCC([O][In][O][In][O]C3CCCC4CCC(C)NC43)C2N1. The molecule has 8 unspecified atom stereocenters. The van der Waals surface area contributed by atoms with Crippen LogP contribution in [0, 0.1) is 11.8 Å². The van der Waals surface area contributed by atoms with Gasteiger partial charge in [0.25, 0.3) is 0 Å². The first-order chi connectivity index (χ1) is 13.2. The quantitative estimate of drug-likeness (QED) is 0.473. The Morgan fingerprint density at radius 1 is 0.630 bits per heavy atom. The van der Waals surface area contributed by atoms with Crippen molar-refractivity contribution >= 4 is 47.6 Å². The van der Waals surface area contributed by atoms with Crippen molar-refractivity contribution in [2.45, 2.75) is 114 Å². The molecular formula is C20H36In2N2O3. The Morgan fingerprint density at radius 3 is 1.59 bits per heavy atom. The van der Waals surface area contributed by atoms with Crippen LogP contribution in [0.3, 0.4) is 0 Å². The summed E-state index contributed by atoms with van der Waals surface area (Å²) in [5, 5.41) is 7.64. The monoisotopic (exact) mass is 582 g/mol. The molecule has 0 aromatic heterocycles. The number of fused-ring (bicyclic) bond motifs is 2. The molecule has 8 atom stereocenters. The molecule has 4 rings (SSSR count). The standard InChI is InChI=1S/2C10H18NO.2In.O/c2*1-7-5-6-8-3-2-4-9(12)10(8)11-7;;;/h2*7-11H,2-6H2,1H3;;;/q2*-1;2*+1;. The van der Waals surface area contributed by atoms with Gasteiger partial charge in [-0.2, -0.15) is 0 Å². The van der Waals surface area contributed by atoms with E-state index in [1.807, 2.05) is 0 Å². The Hall–Kier alpha value is 1.54. The maximum atomic E-state index is 6.37.